The van der Waals surface area contributed by atoms with Gasteiger partial charge in [0.2, 0.25) is 0 Å². The standard InChI is InChI=1S/C18H23NO2/c1-14-5-4-6-18(15(14)2)21-17-9-7-16(8-10-17)13-19-11-12-20-3/h4-10,19H,11-13H2,1-3H3. The van der Waals surface area contributed by atoms with E-state index < -0.39 is 0 Å². The summed E-state index contributed by atoms with van der Waals surface area (Å²) in [5.41, 5.74) is 3.66. The van der Waals surface area contributed by atoms with E-state index in [1.54, 1.807) is 7.11 Å². The highest BCUT2D eigenvalue weighted by Gasteiger charge is 2.03. The Morgan fingerprint density at radius 1 is 1.00 bits per heavy atom. The maximum Gasteiger partial charge on any atom is 0.130 e. The summed E-state index contributed by atoms with van der Waals surface area (Å²) < 4.78 is 11.0. The van der Waals surface area contributed by atoms with E-state index in [2.05, 4.69) is 37.4 Å². The Kier molecular flexibility index (Phi) is 5.78. The van der Waals surface area contributed by atoms with Gasteiger partial charge in [0.15, 0.2) is 0 Å². The third-order valence-electron chi connectivity index (χ3n) is 3.52. The molecule has 0 unspecified atom stereocenters. The summed E-state index contributed by atoms with van der Waals surface area (Å²) >= 11 is 0. The van der Waals surface area contributed by atoms with Crippen molar-refractivity contribution < 1.29 is 9.47 Å². The molecule has 21 heavy (non-hydrogen) atoms. The first-order valence-corrected chi connectivity index (χ1v) is 7.23. The molecule has 0 saturated carbocycles. The van der Waals surface area contributed by atoms with Crippen LogP contribution in [0.1, 0.15) is 16.7 Å². The van der Waals surface area contributed by atoms with Crippen molar-refractivity contribution in [1.82, 2.24) is 5.32 Å². The topological polar surface area (TPSA) is 30.5 Å². The monoisotopic (exact) mass is 285 g/mol. The van der Waals surface area contributed by atoms with Crippen LogP contribution in [0.25, 0.3) is 0 Å². The first kappa shape index (κ1) is 15.5. The number of rotatable bonds is 7. The van der Waals surface area contributed by atoms with Crippen molar-refractivity contribution in [2.75, 3.05) is 20.3 Å². The maximum absolute atomic E-state index is 5.95. The molecule has 0 aliphatic rings. The van der Waals surface area contributed by atoms with E-state index >= 15 is 0 Å². The first-order valence-electron chi connectivity index (χ1n) is 7.23. The zero-order chi connectivity index (χ0) is 15.1. The van der Waals surface area contributed by atoms with Gasteiger partial charge in [0.05, 0.1) is 6.61 Å². The predicted molar refractivity (Wildman–Crippen MR) is 86.0 cm³/mol. The van der Waals surface area contributed by atoms with Crippen LogP contribution >= 0.6 is 0 Å². The van der Waals surface area contributed by atoms with Crippen LogP contribution in [0.15, 0.2) is 42.5 Å². The van der Waals surface area contributed by atoms with Gasteiger partial charge in [0, 0.05) is 20.2 Å². The molecule has 0 radical (unpaired) electrons. The van der Waals surface area contributed by atoms with Gasteiger partial charge in [0.1, 0.15) is 11.5 Å². The zero-order valence-electron chi connectivity index (χ0n) is 13.0. The van der Waals surface area contributed by atoms with Crippen LogP contribution < -0.4 is 10.1 Å². The Bertz CT molecular complexity index is 564. The average Bonchev–Trinajstić information content (AvgIpc) is 2.50. The molecule has 2 rings (SSSR count). The van der Waals surface area contributed by atoms with Crippen LogP contribution in [-0.2, 0) is 11.3 Å². The number of methoxy groups -OCH3 is 1. The molecule has 0 amide bonds. The summed E-state index contributed by atoms with van der Waals surface area (Å²) in [5, 5.41) is 3.32. The number of hydrogen-bond acceptors (Lipinski definition) is 3. The molecular formula is C18H23NO2. The molecule has 0 bridgehead atoms. The van der Waals surface area contributed by atoms with E-state index in [0.29, 0.717) is 0 Å². The molecule has 0 aliphatic heterocycles. The lowest BCUT2D eigenvalue weighted by Crippen LogP contribution is -2.18. The van der Waals surface area contributed by atoms with Gasteiger partial charge in [0.25, 0.3) is 0 Å². The Morgan fingerprint density at radius 3 is 2.48 bits per heavy atom. The molecule has 3 nitrogen and oxygen atoms in total. The number of hydrogen-bond donors (Lipinski definition) is 1. The highest BCUT2D eigenvalue weighted by molar-refractivity contribution is 5.41. The van der Waals surface area contributed by atoms with Crippen LogP contribution in [0.3, 0.4) is 0 Å². The highest BCUT2D eigenvalue weighted by Crippen LogP contribution is 2.26. The van der Waals surface area contributed by atoms with Gasteiger partial charge in [-0.15, -0.1) is 0 Å². The Labute approximate surface area is 126 Å². The Hall–Kier alpha value is -1.84. The van der Waals surface area contributed by atoms with Gasteiger partial charge in [-0.1, -0.05) is 24.3 Å². The van der Waals surface area contributed by atoms with Crippen LogP contribution in [0.4, 0.5) is 0 Å². The van der Waals surface area contributed by atoms with Crippen LogP contribution in [-0.4, -0.2) is 20.3 Å². The summed E-state index contributed by atoms with van der Waals surface area (Å²) in [4.78, 5) is 0. The minimum atomic E-state index is 0.730. The van der Waals surface area contributed by atoms with Crippen LogP contribution in [0.5, 0.6) is 11.5 Å². The molecule has 0 atom stereocenters. The molecule has 0 aromatic heterocycles. The number of ether oxygens (including phenoxy) is 2. The molecule has 0 heterocycles. The summed E-state index contributed by atoms with van der Waals surface area (Å²) in [6.07, 6.45) is 0. The highest BCUT2D eigenvalue weighted by atomic mass is 16.5. The molecular weight excluding hydrogens is 262 g/mol. The van der Waals surface area contributed by atoms with Crippen molar-refractivity contribution in [2.45, 2.75) is 20.4 Å². The molecule has 0 spiro atoms. The summed E-state index contributed by atoms with van der Waals surface area (Å²) in [7, 11) is 1.71. The normalized spacial score (nSPS) is 10.6. The molecule has 3 heteroatoms. The van der Waals surface area contributed by atoms with E-state index in [1.807, 2.05) is 24.3 Å². The number of benzene rings is 2. The van der Waals surface area contributed by atoms with Crippen LogP contribution in [0.2, 0.25) is 0 Å². The first-order chi connectivity index (χ1) is 10.2. The lowest BCUT2D eigenvalue weighted by atomic mass is 10.1. The van der Waals surface area contributed by atoms with Crippen molar-refractivity contribution in [3.63, 3.8) is 0 Å². The smallest absolute Gasteiger partial charge is 0.130 e. The maximum atomic E-state index is 5.95. The predicted octanol–water partition coefficient (Wildman–Crippen LogP) is 3.83. The van der Waals surface area contributed by atoms with Crippen molar-refractivity contribution in [1.29, 1.82) is 0 Å². The van der Waals surface area contributed by atoms with Crippen molar-refractivity contribution in [2.24, 2.45) is 0 Å². The Balaban J connectivity index is 1.94. The largest absolute Gasteiger partial charge is 0.457 e. The van der Waals surface area contributed by atoms with Gasteiger partial charge in [-0.25, -0.2) is 0 Å². The second-order valence-electron chi connectivity index (χ2n) is 5.11. The molecule has 2 aromatic carbocycles. The fourth-order valence-electron chi connectivity index (χ4n) is 2.04. The summed E-state index contributed by atoms with van der Waals surface area (Å²) in [6, 6.07) is 14.3. The minimum absolute atomic E-state index is 0.730. The van der Waals surface area contributed by atoms with Gasteiger partial charge in [-0.05, 0) is 48.7 Å². The second-order valence-corrected chi connectivity index (χ2v) is 5.11. The fourth-order valence-corrected chi connectivity index (χ4v) is 2.04. The van der Waals surface area contributed by atoms with E-state index in [9.17, 15) is 0 Å². The van der Waals surface area contributed by atoms with Crippen molar-refractivity contribution >= 4 is 0 Å². The average molecular weight is 285 g/mol. The molecule has 1 N–H and O–H groups in total. The van der Waals surface area contributed by atoms with Crippen LogP contribution in [0, 0.1) is 13.8 Å². The molecule has 0 fully saturated rings. The van der Waals surface area contributed by atoms with Gasteiger partial charge in [-0.2, -0.15) is 0 Å². The van der Waals surface area contributed by atoms with E-state index in [-0.39, 0.29) is 0 Å². The lowest BCUT2D eigenvalue weighted by Gasteiger charge is -2.11. The van der Waals surface area contributed by atoms with Gasteiger partial charge < -0.3 is 14.8 Å². The zero-order valence-corrected chi connectivity index (χ0v) is 13.0. The fraction of sp³-hybridized carbons (Fsp3) is 0.333. The van der Waals surface area contributed by atoms with Crippen molar-refractivity contribution in [3.05, 3.63) is 59.2 Å². The van der Waals surface area contributed by atoms with Crippen molar-refractivity contribution in [3.8, 4) is 11.5 Å². The molecule has 0 aliphatic carbocycles. The van der Waals surface area contributed by atoms with E-state index in [4.69, 9.17) is 9.47 Å². The third-order valence-corrected chi connectivity index (χ3v) is 3.52. The molecule has 2 aromatic rings. The quantitative estimate of drug-likeness (QED) is 0.784. The lowest BCUT2D eigenvalue weighted by molar-refractivity contribution is 0.199. The van der Waals surface area contributed by atoms with Gasteiger partial charge in [-0.3, -0.25) is 0 Å². The van der Waals surface area contributed by atoms with Gasteiger partial charge >= 0.3 is 0 Å². The Morgan fingerprint density at radius 2 is 1.76 bits per heavy atom. The van der Waals surface area contributed by atoms with E-state index in [0.717, 1.165) is 31.2 Å². The summed E-state index contributed by atoms with van der Waals surface area (Å²) in [5.74, 6) is 1.78. The van der Waals surface area contributed by atoms with E-state index in [1.165, 1.54) is 16.7 Å². The molecule has 112 valence electrons. The third kappa shape index (κ3) is 4.59. The minimum Gasteiger partial charge on any atom is -0.457 e. The molecule has 0 saturated heterocycles. The SMILES string of the molecule is COCCNCc1ccc(Oc2cccc(C)c2C)cc1. The number of nitrogens with one attached hydrogen (secondary N) is 1. The summed E-state index contributed by atoms with van der Waals surface area (Å²) in [6.45, 7) is 6.61. The number of aryl methyl sites for hydroxylation is 1. The second kappa shape index (κ2) is 7.81.